The van der Waals surface area contributed by atoms with Gasteiger partial charge in [0.1, 0.15) is 11.9 Å². The molecule has 0 aliphatic heterocycles. The summed E-state index contributed by atoms with van der Waals surface area (Å²) in [5, 5.41) is 13.7. The molecule has 0 aliphatic rings. The maximum Gasteiger partial charge on any atom is 0.141 e. The monoisotopic (exact) mass is 353 g/mol. The summed E-state index contributed by atoms with van der Waals surface area (Å²) in [5.74, 6) is -0.479. The van der Waals surface area contributed by atoms with E-state index in [1.807, 2.05) is 12.1 Å². The SMILES string of the molecule is CCCCc1ccc2c(ccc3cc(-c4ccc(C#N)c(F)c4)ccc32)c1. The van der Waals surface area contributed by atoms with Crippen LogP contribution in [0.1, 0.15) is 30.9 Å². The summed E-state index contributed by atoms with van der Waals surface area (Å²) < 4.78 is 14.0. The standard InChI is InChI=1S/C25H20FN/c1-2-3-4-17-5-11-23-20(13-17)7-8-21-14-18(10-12-24(21)23)19-6-9-22(16-27)25(26)15-19/h5-15H,2-4H2,1H3. The quantitative estimate of drug-likeness (QED) is 0.362. The Kier molecular flexibility index (Phi) is 4.60. The summed E-state index contributed by atoms with van der Waals surface area (Å²) in [7, 11) is 0. The number of nitriles is 1. The number of hydrogen-bond acceptors (Lipinski definition) is 1. The molecule has 132 valence electrons. The molecule has 0 bridgehead atoms. The number of benzene rings is 4. The number of nitrogens with zero attached hydrogens (tertiary/aromatic N) is 1. The Hall–Kier alpha value is -3.18. The summed E-state index contributed by atoms with van der Waals surface area (Å²) in [6.07, 6.45) is 3.53. The summed E-state index contributed by atoms with van der Waals surface area (Å²) in [4.78, 5) is 0. The minimum atomic E-state index is -0.479. The van der Waals surface area contributed by atoms with Crippen molar-refractivity contribution >= 4 is 21.5 Å². The lowest BCUT2D eigenvalue weighted by Crippen LogP contribution is -1.87. The number of rotatable bonds is 4. The Labute approximate surface area is 158 Å². The van der Waals surface area contributed by atoms with Gasteiger partial charge < -0.3 is 0 Å². The molecule has 0 amide bonds. The predicted molar refractivity (Wildman–Crippen MR) is 110 cm³/mol. The smallest absolute Gasteiger partial charge is 0.141 e. The predicted octanol–water partition coefficient (Wildman–Crippen LogP) is 7.01. The highest BCUT2D eigenvalue weighted by atomic mass is 19.1. The van der Waals surface area contributed by atoms with Crippen molar-refractivity contribution in [2.75, 3.05) is 0 Å². The molecule has 27 heavy (non-hydrogen) atoms. The van der Waals surface area contributed by atoms with E-state index < -0.39 is 5.82 Å². The first kappa shape index (κ1) is 17.2. The zero-order chi connectivity index (χ0) is 18.8. The molecule has 4 aromatic carbocycles. The maximum atomic E-state index is 14.0. The van der Waals surface area contributed by atoms with Crippen LogP contribution >= 0.6 is 0 Å². The van der Waals surface area contributed by atoms with E-state index in [2.05, 4.69) is 49.4 Å². The van der Waals surface area contributed by atoms with Crippen LogP contribution in [0.15, 0.2) is 66.7 Å². The molecule has 0 radical (unpaired) electrons. The van der Waals surface area contributed by atoms with Crippen LogP contribution in [0.5, 0.6) is 0 Å². The molecule has 0 unspecified atom stereocenters. The number of unbranched alkanes of at least 4 members (excludes halogenated alkanes) is 1. The van der Waals surface area contributed by atoms with Gasteiger partial charge in [-0.25, -0.2) is 4.39 Å². The molecule has 2 heteroatoms. The van der Waals surface area contributed by atoms with Gasteiger partial charge in [-0.3, -0.25) is 0 Å². The second kappa shape index (κ2) is 7.21. The molecule has 4 rings (SSSR count). The summed E-state index contributed by atoms with van der Waals surface area (Å²) in [6, 6.07) is 23.9. The third kappa shape index (κ3) is 3.29. The molecule has 4 aromatic rings. The van der Waals surface area contributed by atoms with Gasteiger partial charge in [0.15, 0.2) is 0 Å². The average Bonchev–Trinajstić information content (AvgIpc) is 2.71. The van der Waals surface area contributed by atoms with Crippen LogP contribution in [0.4, 0.5) is 4.39 Å². The molecule has 0 fully saturated rings. The second-order valence-electron chi connectivity index (χ2n) is 6.97. The van der Waals surface area contributed by atoms with E-state index in [4.69, 9.17) is 5.26 Å². The van der Waals surface area contributed by atoms with Crippen molar-refractivity contribution < 1.29 is 4.39 Å². The van der Waals surface area contributed by atoms with E-state index in [9.17, 15) is 4.39 Å². The zero-order valence-corrected chi connectivity index (χ0v) is 15.3. The van der Waals surface area contributed by atoms with Crippen molar-refractivity contribution in [3.63, 3.8) is 0 Å². The zero-order valence-electron chi connectivity index (χ0n) is 15.3. The molecule has 0 atom stereocenters. The van der Waals surface area contributed by atoms with Crippen molar-refractivity contribution in [1.82, 2.24) is 0 Å². The molecule has 0 heterocycles. The van der Waals surface area contributed by atoms with Crippen molar-refractivity contribution in [3.05, 3.63) is 83.7 Å². The number of fused-ring (bicyclic) bond motifs is 3. The van der Waals surface area contributed by atoms with Gasteiger partial charge in [-0.05, 0) is 69.3 Å². The van der Waals surface area contributed by atoms with Crippen LogP contribution in [0.3, 0.4) is 0 Å². The van der Waals surface area contributed by atoms with Gasteiger partial charge in [0.2, 0.25) is 0 Å². The largest absolute Gasteiger partial charge is 0.206 e. The van der Waals surface area contributed by atoms with Crippen LogP contribution in [-0.2, 0) is 6.42 Å². The van der Waals surface area contributed by atoms with Crippen molar-refractivity contribution in [1.29, 1.82) is 5.26 Å². The van der Waals surface area contributed by atoms with Gasteiger partial charge in [-0.1, -0.05) is 61.9 Å². The van der Waals surface area contributed by atoms with E-state index in [1.165, 1.54) is 46.7 Å². The maximum absolute atomic E-state index is 14.0. The van der Waals surface area contributed by atoms with E-state index in [0.717, 1.165) is 22.9 Å². The third-order valence-corrected chi connectivity index (χ3v) is 5.14. The molecule has 0 spiro atoms. The Balaban J connectivity index is 1.78. The van der Waals surface area contributed by atoms with Crippen LogP contribution in [-0.4, -0.2) is 0 Å². The van der Waals surface area contributed by atoms with Gasteiger partial charge in [-0.2, -0.15) is 5.26 Å². The lowest BCUT2D eigenvalue weighted by molar-refractivity contribution is 0.624. The first-order chi connectivity index (χ1) is 13.2. The fourth-order valence-corrected chi connectivity index (χ4v) is 3.62. The summed E-state index contributed by atoms with van der Waals surface area (Å²) >= 11 is 0. The van der Waals surface area contributed by atoms with E-state index in [1.54, 1.807) is 6.07 Å². The molecule has 0 saturated heterocycles. The van der Waals surface area contributed by atoms with Gasteiger partial charge in [0, 0.05) is 0 Å². The fourth-order valence-electron chi connectivity index (χ4n) is 3.62. The van der Waals surface area contributed by atoms with E-state index in [-0.39, 0.29) is 5.56 Å². The van der Waals surface area contributed by atoms with Crippen molar-refractivity contribution in [3.8, 4) is 17.2 Å². The van der Waals surface area contributed by atoms with Crippen molar-refractivity contribution in [2.45, 2.75) is 26.2 Å². The van der Waals surface area contributed by atoms with Crippen LogP contribution < -0.4 is 0 Å². The molecule has 0 aromatic heterocycles. The van der Waals surface area contributed by atoms with Crippen LogP contribution in [0, 0.1) is 17.1 Å². The van der Waals surface area contributed by atoms with Gasteiger partial charge >= 0.3 is 0 Å². The van der Waals surface area contributed by atoms with E-state index in [0.29, 0.717) is 0 Å². The van der Waals surface area contributed by atoms with Crippen molar-refractivity contribution in [2.24, 2.45) is 0 Å². The van der Waals surface area contributed by atoms with E-state index >= 15 is 0 Å². The molecular formula is C25H20FN. The molecule has 1 nitrogen and oxygen atoms in total. The molecule has 0 aliphatic carbocycles. The van der Waals surface area contributed by atoms with Gasteiger partial charge in [0.25, 0.3) is 0 Å². The number of hydrogen-bond donors (Lipinski definition) is 0. The third-order valence-electron chi connectivity index (χ3n) is 5.14. The van der Waals surface area contributed by atoms with Crippen LogP contribution in [0.25, 0.3) is 32.7 Å². The lowest BCUT2D eigenvalue weighted by atomic mass is 9.95. The lowest BCUT2D eigenvalue weighted by Gasteiger charge is -2.09. The Morgan fingerprint density at radius 3 is 2.19 bits per heavy atom. The molecule has 0 saturated carbocycles. The first-order valence-corrected chi connectivity index (χ1v) is 9.35. The van der Waals surface area contributed by atoms with Gasteiger partial charge in [-0.15, -0.1) is 0 Å². The normalized spacial score (nSPS) is 11.0. The van der Waals surface area contributed by atoms with Gasteiger partial charge in [0.05, 0.1) is 5.56 Å². The highest BCUT2D eigenvalue weighted by Crippen LogP contribution is 2.31. The number of halogens is 1. The topological polar surface area (TPSA) is 23.8 Å². The Morgan fingerprint density at radius 2 is 1.48 bits per heavy atom. The highest BCUT2D eigenvalue weighted by molar-refractivity contribution is 6.08. The average molecular weight is 353 g/mol. The highest BCUT2D eigenvalue weighted by Gasteiger charge is 2.07. The number of aryl methyl sites for hydroxylation is 1. The van der Waals surface area contributed by atoms with Crippen LogP contribution in [0.2, 0.25) is 0 Å². The minimum absolute atomic E-state index is 0.0735. The fraction of sp³-hybridized carbons (Fsp3) is 0.160. The first-order valence-electron chi connectivity index (χ1n) is 9.35. The molecule has 0 N–H and O–H groups in total. The second-order valence-corrected chi connectivity index (χ2v) is 6.97. The molecular weight excluding hydrogens is 333 g/mol. The minimum Gasteiger partial charge on any atom is -0.206 e. The Bertz CT molecular complexity index is 1180. The summed E-state index contributed by atoms with van der Waals surface area (Å²) in [5.41, 5.74) is 3.19. The Morgan fingerprint density at radius 1 is 0.815 bits per heavy atom. The summed E-state index contributed by atoms with van der Waals surface area (Å²) in [6.45, 7) is 2.21.